The molecule has 13 heavy (non-hydrogen) atoms. The Kier molecular flexibility index (Phi) is 2.69. The molecule has 0 spiro atoms. The van der Waals surface area contributed by atoms with E-state index in [0.717, 1.165) is 0 Å². The molecule has 1 rings (SSSR count). The van der Waals surface area contributed by atoms with Crippen LogP contribution in [-0.2, 0) is 9.59 Å². The Morgan fingerprint density at radius 2 is 2.15 bits per heavy atom. The van der Waals surface area contributed by atoms with Gasteiger partial charge in [0, 0.05) is 0 Å². The first kappa shape index (κ1) is 9.31. The normalized spacial score (nSPS) is 12.3. The summed E-state index contributed by atoms with van der Waals surface area (Å²) < 4.78 is 4.81. The fourth-order valence-corrected chi connectivity index (χ4v) is 0.974. The van der Waals surface area contributed by atoms with Crippen molar-refractivity contribution >= 4 is 11.9 Å². The van der Waals surface area contributed by atoms with Gasteiger partial charge in [-0.2, -0.15) is 0 Å². The number of aliphatic carboxylic acids is 2. The van der Waals surface area contributed by atoms with Gasteiger partial charge >= 0.3 is 11.9 Å². The number of rotatable bonds is 4. The van der Waals surface area contributed by atoms with Crippen LogP contribution in [0.3, 0.4) is 0 Å². The third kappa shape index (κ3) is 2.33. The Hall–Kier alpha value is -1.78. The van der Waals surface area contributed by atoms with Crippen LogP contribution in [0.2, 0.25) is 0 Å². The summed E-state index contributed by atoms with van der Waals surface area (Å²) in [6.45, 7) is 0. The van der Waals surface area contributed by atoms with E-state index >= 15 is 0 Å². The summed E-state index contributed by atoms with van der Waals surface area (Å²) in [5.41, 5.74) is 0. The molecule has 0 aliphatic carbocycles. The summed E-state index contributed by atoms with van der Waals surface area (Å²) >= 11 is 0. The highest BCUT2D eigenvalue weighted by Gasteiger charge is 2.25. The van der Waals surface area contributed by atoms with Crippen molar-refractivity contribution in [3.63, 3.8) is 0 Å². The Balaban J connectivity index is 2.81. The second kappa shape index (κ2) is 3.75. The minimum atomic E-state index is -1.20. The molecule has 1 aromatic rings. The molecule has 2 N–H and O–H groups in total. The molecule has 0 aliphatic rings. The van der Waals surface area contributed by atoms with Crippen LogP contribution in [0.1, 0.15) is 18.1 Å². The maximum absolute atomic E-state index is 10.6. The molecular formula is C8H8O5. The van der Waals surface area contributed by atoms with Crippen molar-refractivity contribution in [2.75, 3.05) is 0 Å². The quantitative estimate of drug-likeness (QED) is 0.726. The molecule has 0 saturated carbocycles. The van der Waals surface area contributed by atoms with Gasteiger partial charge in [0.2, 0.25) is 0 Å². The highest BCUT2D eigenvalue weighted by molar-refractivity contribution is 5.81. The summed E-state index contributed by atoms with van der Waals surface area (Å²) in [7, 11) is 0. The third-order valence-corrected chi connectivity index (χ3v) is 1.56. The standard InChI is InChI=1S/C8H8O5/c9-7(10)4-5(8(11)12)6-2-1-3-13-6/h1-3,5H,4H2,(H,9,10)(H,11,12). The molecule has 0 fully saturated rings. The van der Waals surface area contributed by atoms with Crippen LogP contribution in [0.4, 0.5) is 0 Å². The highest BCUT2D eigenvalue weighted by Crippen LogP contribution is 2.20. The summed E-state index contributed by atoms with van der Waals surface area (Å²) in [5, 5.41) is 17.1. The van der Waals surface area contributed by atoms with Crippen LogP contribution < -0.4 is 0 Å². The fourth-order valence-electron chi connectivity index (χ4n) is 0.974. The van der Waals surface area contributed by atoms with Gasteiger partial charge in [-0.05, 0) is 12.1 Å². The van der Waals surface area contributed by atoms with Crippen LogP contribution in [0.5, 0.6) is 0 Å². The third-order valence-electron chi connectivity index (χ3n) is 1.56. The number of carbonyl (C=O) groups is 2. The van der Waals surface area contributed by atoms with Gasteiger partial charge in [-0.15, -0.1) is 0 Å². The van der Waals surface area contributed by atoms with Gasteiger partial charge < -0.3 is 14.6 Å². The summed E-state index contributed by atoms with van der Waals surface area (Å²) in [5.74, 6) is -3.30. The lowest BCUT2D eigenvalue weighted by Gasteiger charge is -2.05. The molecule has 1 aromatic heterocycles. The monoisotopic (exact) mass is 184 g/mol. The van der Waals surface area contributed by atoms with E-state index in [1.54, 1.807) is 0 Å². The van der Waals surface area contributed by atoms with Crippen LogP contribution in [0, 0.1) is 0 Å². The van der Waals surface area contributed by atoms with E-state index in [-0.39, 0.29) is 5.76 Å². The Labute approximate surface area is 73.6 Å². The summed E-state index contributed by atoms with van der Waals surface area (Å²) in [4.78, 5) is 20.9. The van der Waals surface area contributed by atoms with Crippen molar-refractivity contribution in [3.8, 4) is 0 Å². The van der Waals surface area contributed by atoms with Crippen molar-refractivity contribution in [1.29, 1.82) is 0 Å². The van der Waals surface area contributed by atoms with Crippen LogP contribution in [0.25, 0.3) is 0 Å². The van der Waals surface area contributed by atoms with Gasteiger partial charge in [-0.1, -0.05) is 0 Å². The van der Waals surface area contributed by atoms with E-state index in [4.69, 9.17) is 14.6 Å². The number of hydrogen-bond donors (Lipinski definition) is 2. The number of carboxylic acid groups (broad SMARTS) is 2. The zero-order valence-electron chi connectivity index (χ0n) is 6.64. The maximum Gasteiger partial charge on any atom is 0.314 e. The largest absolute Gasteiger partial charge is 0.481 e. The Morgan fingerprint density at radius 1 is 1.46 bits per heavy atom. The van der Waals surface area contributed by atoms with E-state index in [1.807, 2.05) is 0 Å². The molecule has 0 saturated heterocycles. The van der Waals surface area contributed by atoms with Crippen LogP contribution in [-0.4, -0.2) is 22.2 Å². The maximum atomic E-state index is 10.6. The average Bonchev–Trinajstić information content (AvgIpc) is 2.50. The lowest BCUT2D eigenvalue weighted by molar-refractivity contribution is -0.145. The van der Waals surface area contributed by atoms with Crippen molar-refractivity contribution in [2.45, 2.75) is 12.3 Å². The molecule has 0 radical (unpaired) electrons. The molecule has 0 aromatic carbocycles. The first-order chi connectivity index (χ1) is 6.11. The molecule has 0 amide bonds. The number of hydrogen-bond acceptors (Lipinski definition) is 3. The lowest BCUT2D eigenvalue weighted by Crippen LogP contribution is -2.15. The first-order valence-corrected chi connectivity index (χ1v) is 3.59. The Bertz CT molecular complexity index is 300. The van der Waals surface area contributed by atoms with E-state index in [9.17, 15) is 9.59 Å². The summed E-state index contributed by atoms with van der Waals surface area (Å²) in [6.07, 6.45) is 0.843. The van der Waals surface area contributed by atoms with Crippen molar-refractivity contribution in [1.82, 2.24) is 0 Å². The molecule has 0 bridgehead atoms. The Morgan fingerprint density at radius 3 is 2.54 bits per heavy atom. The van der Waals surface area contributed by atoms with E-state index in [1.165, 1.54) is 18.4 Å². The van der Waals surface area contributed by atoms with Gasteiger partial charge in [-0.25, -0.2) is 0 Å². The second-order valence-corrected chi connectivity index (χ2v) is 2.50. The predicted molar refractivity (Wildman–Crippen MR) is 41.3 cm³/mol. The molecule has 0 aliphatic heterocycles. The fraction of sp³-hybridized carbons (Fsp3) is 0.250. The number of furan rings is 1. The molecule has 1 heterocycles. The van der Waals surface area contributed by atoms with Gasteiger partial charge in [0.05, 0.1) is 12.7 Å². The van der Waals surface area contributed by atoms with Gasteiger partial charge in [-0.3, -0.25) is 9.59 Å². The molecule has 1 atom stereocenters. The average molecular weight is 184 g/mol. The highest BCUT2D eigenvalue weighted by atomic mass is 16.4. The second-order valence-electron chi connectivity index (χ2n) is 2.50. The molecule has 1 unspecified atom stereocenters. The van der Waals surface area contributed by atoms with Crippen LogP contribution in [0.15, 0.2) is 22.8 Å². The van der Waals surface area contributed by atoms with E-state index in [2.05, 4.69) is 0 Å². The van der Waals surface area contributed by atoms with Gasteiger partial charge in [0.15, 0.2) is 0 Å². The van der Waals surface area contributed by atoms with Crippen molar-refractivity contribution < 1.29 is 24.2 Å². The number of carboxylic acids is 2. The molecule has 70 valence electrons. The minimum Gasteiger partial charge on any atom is -0.481 e. The molecule has 5 heteroatoms. The van der Waals surface area contributed by atoms with Crippen molar-refractivity contribution in [2.24, 2.45) is 0 Å². The zero-order valence-corrected chi connectivity index (χ0v) is 6.64. The SMILES string of the molecule is O=C(O)CC(C(=O)O)c1ccco1. The first-order valence-electron chi connectivity index (χ1n) is 3.59. The topological polar surface area (TPSA) is 87.7 Å². The lowest BCUT2D eigenvalue weighted by atomic mass is 10.0. The molecular weight excluding hydrogens is 176 g/mol. The zero-order chi connectivity index (χ0) is 9.84. The van der Waals surface area contributed by atoms with E-state index in [0.29, 0.717) is 0 Å². The van der Waals surface area contributed by atoms with Gasteiger partial charge in [0.25, 0.3) is 0 Å². The minimum absolute atomic E-state index is 0.162. The predicted octanol–water partition coefficient (Wildman–Crippen LogP) is 0.923. The molecule has 5 nitrogen and oxygen atoms in total. The van der Waals surface area contributed by atoms with Crippen molar-refractivity contribution in [3.05, 3.63) is 24.2 Å². The summed E-state index contributed by atoms with van der Waals surface area (Å²) in [6, 6.07) is 2.97. The van der Waals surface area contributed by atoms with E-state index < -0.39 is 24.3 Å². The van der Waals surface area contributed by atoms with Crippen LogP contribution >= 0.6 is 0 Å². The van der Waals surface area contributed by atoms with Gasteiger partial charge in [0.1, 0.15) is 11.7 Å². The smallest absolute Gasteiger partial charge is 0.314 e.